The highest BCUT2D eigenvalue weighted by Crippen LogP contribution is 2.38. The van der Waals surface area contributed by atoms with E-state index in [1.165, 1.54) is 53.7 Å². The second-order valence-electron chi connectivity index (χ2n) is 8.09. The first kappa shape index (κ1) is 23.0. The fourth-order valence-electron chi connectivity index (χ4n) is 4.26. The topological polar surface area (TPSA) is 84.4 Å². The maximum Gasteiger partial charge on any atom is 0.341 e. The largest absolute Gasteiger partial charge is 0.462 e. The number of thioether (sulfide) groups is 1. The molecule has 1 saturated heterocycles. The molecule has 2 aromatic rings. The Morgan fingerprint density at radius 3 is 2.72 bits per heavy atom. The molecule has 1 aliphatic carbocycles. The summed E-state index contributed by atoms with van der Waals surface area (Å²) in [5.41, 5.74) is 1.62. The minimum atomic E-state index is -0.336. The van der Waals surface area contributed by atoms with E-state index in [0.29, 0.717) is 17.2 Å². The molecule has 4 rings (SSSR count). The van der Waals surface area contributed by atoms with E-state index in [1.54, 1.807) is 13.3 Å². The molecule has 0 unspecified atom stereocenters. The Labute approximate surface area is 197 Å². The standard InChI is InChI=1S/C23H30N4O3S2/c1-2-30-23(29)21-16-9-5-3-6-10-17(16)32-22(21)26-19(28)14-31-20-13-18(24-15-25-20)27-11-7-4-8-12-27/h13,15H,2-12,14H2,1H3,(H,26,28). The third kappa shape index (κ3) is 5.61. The zero-order valence-electron chi connectivity index (χ0n) is 18.5. The van der Waals surface area contributed by atoms with Gasteiger partial charge in [0, 0.05) is 24.0 Å². The van der Waals surface area contributed by atoms with Crippen LogP contribution in [0.5, 0.6) is 0 Å². The zero-order chi connectivity index (χ0) is 22.3. The Kier molecular flexibility index (Phi) is 8.02. The Balaban J connectivity index is 1.42. The van der Waals surface area contributed by atoms with Gasteiger partial charge in [0.2, 0.25) is 5.91 Å². The van der Waals surface area contributed by atoms with Gasteiger partial charge in [-0.1, -0.05) is 18.2 Å². The van der Waals surface area contributed by atoms with E-state index in [9.17, 15) is 9.59 Å². The van der Waals surface area contributed by atoms with E-state index in [1.807, 2.05) is 6.07 Å². The molecule has 3 heterocycles. The van der Waals surface area contributed by atoms with Crippen LogP contribution < -0.4 is 10.2 Å². The number of carbonyl (C=O) groups excluding carboxylic acids is 2. The van der Waals surface area contributed by atoms with Gasteiger partial charge in [-0.2, -0.15) is 0 Å². The van der Waals surface area contributed by atoms with Gasteiger partial charge in [0.1, 0.15) is 22.2 Å². The summed E-state index contributed by atoms with van der Waals surface area (Å²) in [6.07, 6.45) is 10.4. The van der Waals surface area contributed by atoms with Crippen molar-refractivity contribution in [1.29, 1.82) is 0 Å². The fourth-order valence-corrected chi connectivity index (χ4v) is 6.21. The van der Waals surface area contributed by atoms with E-state index in [0.717, 1.165) is 55.2 Å². The van der Waals surface area contributed by atoms with Crippen LogP contribution in [0.2, 0.25) is 0 Å². The first-order valence-electron chi connectivity index (χ1n) is 11.5. The van der Waals surface area contributed by atoms with Crippen molar-refractivity contribution in [3.05, 3.63) is 28.4 Å². The number of thiophene rings is 1. The van der Waals surface area contributed by atoms with Crippen LogP contribution in [0.25, 0.3) is 0 Å². The smallest absolute Gasteiger partial charge is 0.341 e. The maximum absolute atomic E-state index is 12.8. The van der Waals surface area contributed by atoms with Gasteiger partial charge in [-0.25, -0.2) is 14.8 Å². The number of aryl methyl sites for hydroxylation is 1. The number of fused-ring (bicyclic) bond motifs is 1. The van der Waals surface area contributed by atoms with E-state index in [-0.39, 0.29) is 17.6 Å². The number of aromatic nitrogens is 2. The van der Waals surface area contributed by atoms with Gasteiger partial charge >= 0.3 is 5.97 Å². The van der Waals surface area contributed by atoms with Gasteiger partial charge in [0.15, 0.2) is 0 Å². The molecule has 32 heavy (non-hydrogen) atoms. The van der Waals surface area contributed by atoms with Crippen molar-refractivity contribution in [2.75, 3.05) is 35.7 Å². The van der Waals surface area contributed by atoms with Gasteiger partial charge in [-0.3, -0.25) is 4.79 Å². The molecule has 0 saturated carbocycles. The van der Waals surface area contributed by atoms with Crippen LogP contribution in [0, 0.1) is 0 Å². The van der Waals surface area contributed by atoms with Crippen molar-refractivity contribution in [1.82, 2.24) is 9.97 Å². The Bertz CT molecular complexity index is 957. The van der Waals surface area contributed by atoms with Gasteiger partial charge in [0.05, 0.1) is 17.9 Å². The van der Waals surface area contributed by atoms with Crippen LogP contribution >= 0.6 is 23.1 Å². The van der Waals surface area contributed by atoms with Gasteiger partial charge in [-0.15, -0.1) is 11.3 Å². The van der Waals surface area contributed by atoms with E-state index in [4.69, 9.17) is 4.74 Å². The first-order valence-corrected chi connectivity index (χ1v) is 13.3. The van der Waals surface area contributed by atoms with Crippen molar-refractivity contribution in [2.45, 2.75) is 63.3 Å². The molecule has 1 amide bonds. The molecule has 1 fully saturated rings. The second-order valence-corrected chi connectivity index (χ2v) is 10.2. The molecule has 172 valence electrons. The SMILES string of the molecule is CCOC(=O)c1c(NC(=O)CSc2cc(N3CCCCC3)ncn2)sc2c1CCCCC2. The van der Waals surface area contributed by atoms with Crippen molar-refractivity contribution in [3.8, 4) is 0 Å². The number of nitrogens with zero attached hydrogens (tertiary/aromatic N) is 3. The Morgan fingerprint density at radius 2 is 1.91 bits per heavy atom. The molecule has 1 N–H and O–H groups in total. The van der Waals surface area contributed by atoms with Gasteiger partial charge < -0.3 is 15.0 Å². The molecule has 0 radical (unpaired) electrons. The molecule has 0 aromatic carbocycles. The first-order chi connectivity index (χ1) is 15.7. The normalized spacial score (nSPS) is 16.2. The summed E-state index contributed by atoms with van der Waals surface area (Å²) in [5.74, 6) is 0.669. The number of amides is 1. The highest BCUT2D eigenvalue weighted by atomic mass is 32.2. The van der Waals surface area contributed by atoms with Gasteiger partial charge in [0.25, 0.3) is 0 Å². The highest BCUT2D eigenvalue weighted by Gasteiger charge is 2.26. The number of rotatable bonds is 7. The summed E-state index contributed by atoms with van der Waals surface area (Å²) in [7, 11) is 0. The molecule has 9 heteroatoms. The van der Waals surface area contributed by atoms with Crippen LogP contribution in [0.1, 0.15) is 66.2 Å². The summed E-state index contributed by atoms with van der Waals surface area (Å²) in [4.78, 5) is 37.6. The number of esters is 1. The molecular weight excluding hydrogens is 444 g/mol. The van der Waals surface area contributed by atoms with Crippen LogP contribution in [0.4, 0.5) is 10.8 Å². The van der Waals surface area contributed by atoms with Crippen molar-refractivity contribution < 1.29 is 14.3 Å². The minimum absolute atomic E-state index is 0.143. The Morgan fingerprint density at radius 1 is 1.12 bits per heavy atom. The number of hydrogen-bond acceptors (Lipinski definition) is 8. The molecule has 0 bridgehead atoms. The number of hydrogen-bond donors (Lipinski definition) is 1. The van der Waals surface area contributed by atoms with Crippen LogP contribution in [-0.4, -0.2) is 47.3 Å². The van der Waals surface area contributed by atoms with Crippen molar-refractivity contribution in [2.24, 2.45) is 0 Å². The predicted octanol–water partition coefficient (Wildman–Crippen LogP) is 4.70. The highest BCUT2D eigenvalue weighted by molar-refractivity contribution is 7.99. The minimum Gasteiger partial charge on any atom is -0.462 e. The summed E-state index contributed by atoms with van der Waals surface area (Å²) in [5, 5.41) is 4.38. The quantitative estimate of drug-likeness (QED) is 0.269. The maximum atomic E-state index is 12.8. The molecule has 1 aliphatic heterocycles. The summed E-state index contributed by atoms with van der Waals surface area (Å²) >= 11 is 2.91. The lowest BCUT2D eigenvalue weighted by Gasteiger charge is -2.27. The number of piperidine rings is 1. The molecule has 0 spiro atoms. The third-order valence-corrected chi connectivity index (χ3v) is 7.95. The van der Waals surface area contributed by atoms with E-state index >= 15 is 0 Å². The molecule has 7 nitrogen and oxygen atoms in total. The molecule has 2 aromatic heterocycles. The third-order valence-electron chi connectivity index (χ3n) is 5.81. The van der Waals surface area contributed by atoms with Crippen LogP contribution in [0.15, 0.2) is 17.4 Å². The summed E-state index contributed by atoms with van der Waals surface area (Å²) in [6, 6.07) is 1.96. The lowest BCUT2D eigenvalue weighted by atomic mass is 10.1. The predicted molar refractivity (Wildman–Crippen MR) is 129 cm³/mol. The average Bonchev–Trinajstić information content (AvgIpc) is 2.98. The number of ether oxygens (including phenoxy) is 1. The monoisotopic (exact) mass is 474 g/mol. The number of carbonyl (C=O) groups is 2. The van der Waals surface area contributed by atoms with E-state index < -0.39 is 0 Å². The van der Waals surface area contributed by atoms with Crippen LogP contribution in [-0.2, 0) is 22.4 Å². The molecular formula is C23H30N4O3S2. The molecule has 0 atom stereocenters. The second kappa shape index (κ2) is 11.1. The average molecular weight is 475 g/mol. The van der Waals surface area contributed by atoms with Crippen LogP contribution in [0.3, 0.4) is 0 Å². The zero-order valence-corrected chi connectivity index (χ0v) is 20.2. The van der Waals surface area contributed by atoms with Crippen molar-refractivity contribution >= 4 is 45.8 Å². The number of anilines is 2. The number of nitrogens with one attached hydrogen (secondary N) is 1. The van der Waals surface area contributed by atoms with Crippen molar-refractivity contribution in [3.63, 3.8) is 0 Å². The van der Waals surface area contributed by atoms with E-state index in [2.05, 4.69) is 20.2 Å². The lowest BCUT2D eigenvalue weighted by molar-refractivity contribution is -0.113. The fraction of sp³-hybridized carbons (Fsp3) is 0.565. The summed E-state index contributed by atoms with van der Waals surface area (Å²) < 4.78 is 5.31. The molecule has 2 aliphatic rings. The summed E-state index contributed by atoms with van der Waals surface area (Å²) in [6.45, 7) is 4.15. The Hall–Kier alpha value is -2.13. The van der Waals surface area contributed by atoms with Gasteiger partial charge in [-0.05, 0) is 57.4 Å². The lowest BCUT2D eigenvalue weighted by Crippen LogP contribution is -2.30.